The molecule has 0 aromatic heterocycles. The summed E-state index contributed by atoms with van der Waals surface area (Å²) in [6.07, 6.45) is 4.72. The molecule has 14 nitrogen and oxygen atoms in total. The van der Waals surface area contributed by atoms with Crippen LogP contribution in [0.2, 0.25) is 0 Å². The molecule has 1 aromatic rings. The first kappa shape index (κ1) is 43.9. The standard InChI is InChI=1S/C39H58N6O8S2/c1-7-14-28(33(47)35(49)40-20-30(46)42-31(36(50)44(5)6)26-15-10-8-11-16-26)41-34(48)29-19-39(54-22-25(4)55-39)23-45(29)37(51)32(27-17-12-9-13-18-27)43-38(52)53-21-24(2)3/h8,10-11,15-16,24-25,27-29,31-32H,7,9,12-14,17-23H2,1-6H3,(H,40,49)(H,41,48)(H,42,46)(H,43,52)/t25?,28?,29-,31?,32?,39?/m0/s1. The van der Waals surface area contributed by atoms with Gasteiger partial charge >= 0.3 is 6.09 Å². The molecule has 2 aliphatic heterocycles. The molecule has 0 bridgehead atoms. The number of carbonyl (C=O) groups excluding carboxylic acids is 7. The molecular formula is C39H58N6O8S2. The van der Waals surface area contributed by atoms with Crippen molar-refractivity contribution in [2.45, 2.75) is 113 Å². The van der Waals surface area contributed by atoms with Gasteiger partial charge in [0, 0.05) is 38.1 Å². The Labute approximate surface area is 333 Å². The number of hydrogen-bond donors (Lipinski definition) is 4. The Bertz CT molecular complexity index is 1540. The fourth-order valence-electron chi connectivity index (χ4n) is 7.27. The monoisotopic (exact) mass is 802 g/mol. The molecule has 4 N–H and O–H groups in total. The van der Waals surface area contributed by atoms with Crippen LogP contribution in [0.3, 0.4) is 0 Å². The molecule has 6 amide bonds. The average Bonchev–Trinajstić information content (AvgIpc) is 3.74. The minimum absolute atomic E-state index is 0.114. The van der Waals surface area contributed by atoms with Crippen LogP contribution in [0.15, 0.2) is 30.3 Å². The minimum atomic E-state index is -1.21. The molecular weight excluding hydrogens is 745 g/mol. The number of ketones is 1. The molecule has 0 radical (unpaired) electrons. The van der Waals surface area contributed by atoms with Crippen molar-refractivity contribution in [3.8, 4) is 0 Å². The Morgan fingerprint density at radius 2 is 1.67 bits per heavy atom. The smallest absolute Gasteiger partial charge is 0.407 e. The fraction of sp³-hybridized carbons (Fsp3) is 0.667. The normalized spacial score (nSPS) is 22.7. The van der Waals surface area contributed by atoms with Crippen LogP contribution in [0.4, 0.5) is 4.79 Å². The van der Waals surface area contributed by atoms with E-state index < -0.39 is 64.4 Å². The number of amides is 6. The minimum Gasteiger partial charge on any atom is -0.449 e. The van der Waals surface area contributed by atoms with Gasteiger partial charge in [0.1, 0.15) is 18.1 Å². The number of benzene rings is 1. The molecule has 1 aromatic carbocycles. The summed E-state index contributed by atoms with van der Waals surface area (Å²) < 4.78 is 4.98. The summed E-state index contributed by atoms with van der Waals surface area (Å²) >= 11 is 3.45. The average molecular weight is 803 g/mol. The predicted molar refractivity (Wildman–Crippen MR) is 213 cm³/mol. The Kier molecular flexibility index (Phi) is 16.3. The second-order valence-electron chi connectivity index (χ2n) is 15.4. The number of hydrogen-bond acceptors (Lipinski definition) is 10. The number of likely N-dealkylation sites (tertiary alicyclic amines) is 1. The molecule has 2 heterocycles. The molecule has 55 heavy (non-hydrogen) atoms. The molecule has 5 unspecified atom stereocenters. The van der Waals surface area contributed by atoms with Gasteiger partial charge in [-0.1, -0.05) is 83.7 Å². The lowest BCUT2D eigenvalue weighted by Gasteiger charge is -2.34. The third-order valence-electron chi connectivity index (χ3n) is 10.1. The number of carbonyl (C=O) groups is 7. The van der Waals surface area contributed by atoms with Gasteiger partial charge in [-0.15, -0.1) is 23.5 Å². The van der Waals surface area contributed by atoms with Crippen molar-refractivity contribution in [3.63, 3.8) is 0 Å². The summed E-state index contributed by atoms with van der Waals surface area (Å²) in [6.45, 7) is 7.70. The zero-order valence-electron chi connectivity index (χ0n) is 32.9. The van der Waals surface area contributed by atoms with E-state index in [4.69, 9.17) is 4.74 Å². The lowest BCUT2D eigenvalue weighted by atomic mass is 9.83. The van der Waals surface area contributed by atoms with E-state index in [9.17, 15) is 33.6 Å². The lowest BCUT2D eigenvalue weighted by Crippen LogP contribution is -2.58. The molecule has 1 saturated carbocycles. The van der Waals surface area contributed by atoms with Gasteiger partial charge in [0.15, 0.2) is 0 Å². The van der Waals surface area contributed by atoms with Crippen LogP contribution in [0.1, 0.15) is 90.7 Å². The van der Waals surface area contributed by atoms with Crippen LogP contribution in [0.25, 0.3) is 0 Å². The van der Waals surface area contributed by atoms with E-state index in [-0.39, 0.29) is 43.2 Å². The van der Waals surface area contributed by atoms with Gasteiger partial charge < -0.3 is 35.8 Å². The number of nitrogens with one attached hydrogen (secondary N) is 4. The third kappa shape index (κ3) is 12.1. The fourth-order valence-corrected chi connectivity index (χ4v) is 11.0. The van der Waals surface area contributed by atoms with Crippen molar-refractivity contribution in [2.75, 3.05) is 39.5 Å². The number of Topliss-reactive ketones (excluding diaryl/α,β-unsaturated/α-hetero) is 1. The first-order valence-electron chi connectivity index (χ1n) is 19.4. The van der Waals surface area contributed by atoms with Crippen molar-refractivity contribution < 1.29 is 38.3 Å². The number of thioether (sulfide) groups is 2. The Balaban J connectivity index is 1.47. The van der Waals surface area contributed by atoms with Crippen molar-refractivity contribution in [3.05, 3.63) is 35.9 Å². The zero-order chi connectivity index (χ0) is 40.3. The molecule has 16 heteroatoms. The van der Waals surface area contributed by atoms with Crippen LogP contribution in [0, 0.1) is 11.8 Å². The van der Waals surface area contributed by atoms with Gasteiger partial charge in [-0.3, -0.25) is 28.8 Å². The van der Waals surface area contributed by atoms with E-state index in [0.717, 1.165) is 37.9 Å². The summed E-state index contributed by atoms with van der Waals surface area (Å²) in [6, 6.07) is 4.64. The molecule has 3 aliphatic rings. The van der Waals surface area contributed by atoms with E-state index in [1.807, 2.05) is 20.8 Å². The molecule has 4 rings (SSSR count). The molecule has 304 valence electrons. The summed E-state index contributed by atoms with van der Waals surface area (Å²) in [4.78, 5) is 97.1. The molecule has 2 saturated heterocycles. The van der Waals surface area contributed by atoms with Crippen molar-refractivity contribution >= 4 is 64.9 Å². The predicted octanol–water partition coefficient (Wildman–Crippen LogP) is 3.40. The molecule has 6 atom stereocenters. The maximum Gasteiger partial charge on any atom is 0.407 e. The number of likely N-dealkylation sites (N-methyl/N-ethyl adjacent to an activating group) is 1. The van der Waals surface area contributed by atoms with Gasteiger partial charge in [0.25, 0.3) is 5.91 Å². The Morgan fingerprint density at radius 3 is 2.27 bits per heavy atom. The van der Waals surface area contributed by atoms with E-state index in [2.05, 4.69) is 28.2 Å². The highest BCUT2D eigenvalue weighted by molar-refractivity contribution is 8.21. The number of alkyl carbamates (subject to hydrolysis) is 1. The van der Waals surface area contributed by atoms with Crippen molar-refractivity contribution in [1.29, 1.82) is 0 Å². The lowest BCUT2D eigenvalue weighted by molar-refractivity contribution is -0.143. The van der Waals surface area contributed by atoms with Crippen molar-refractivity contribution in [1.82, 2.24) is 31.1 Å². The van der Waals surface area contributed by atoms with Crippen molar-refractivity contribution in [2.24, 2.45) is 11.8 Å². The van der Waals surface area contributed by atoms with Crippen LogP contribution in [-0.2, 0) is 33.5 Å². The largest absolute Gasteiger partial charge is 0.449 e. The second kappa shape index (κ2) is 20.4. The highest BCUT2D eigenvalue weighted by atomic mass is 32.2. The van der Waals surface area contributed by atoms with Gasteiger partial charge in [0.05, 0.1) is 23.3 Å². The van der Waals surface area contributed by atoms with E-state index in [1.165, 1.54) is 4.90 Å². The van der Waals surface area contributed by atoms with E-state index in [1.54, 1.807) is 72.9 Å². The summed E-state index contributed by atoms with van der Waals surface area (Å²) in [5.74, 6) is -3.09. The molecule has 3 fully saturated rings. The van der Waals surface area contributed by atoms with Gasteiger partial charge in [-0.2, -0.15) is 0 Å². The summed E-state index contributed by atoms with van der Waals surface area (Å²) in [7, 11) is 3.13. The molecule has 1 aliphatic carbocycles. The first-order chi connectivity index (χ1) is 26.1. The zero-order valence-corrected chi connectivity index (χ0v) is 34.5. The number of rotatable bonds is 16. The van der Waals surface area contributed by atoms with E-state index in [0.29, 0.717) is 23.7 Å². The van der Waals surface area contributed by atoms with Crippen LogP contribution in [-0.4, -0.2) is 118 Å². The SMILES string of the molecule is CCCC(NC(=O)[C@@H]1CC2(CN1C(=O)C(NC(=O)OCC(C)C)C1CCCCC1)SCC(C)S2)C(=O)C(=O)NCC(=O)NC(C(=O)N(C)C)c1ccccc1. The highest BCUT2D eigenvalue weighted by Gasteiger charge is 2.54. The van der Waals surface area contributed by atoms with Crippen LogP contribution >= 0.6 is 23.5 Å². The topological polar surface area (TPSA) is 183 Å². The maximum absolute atomic E-state index is 14.6. The summed E-state index contributed by atoms with van der Waals surface area (Å²) in [5, 5.41) is 10.9. The van der Waals surface area contributed by atoms with E-state index >= 15 is 0 Å². The third-order valence-corrected chi connectivity index (χ3v) is 13.7. The Hall–Kier alpha value is -3.79. The highest BCUT2D eigenvalue weighted by Crippen LogP contribution is 2.55. The number of nitrogens with zero attached hydrogens (tertiary/aromatic N) is 2. The van der Waals surface area contributed by atoms with Crippen LogP contribution in [0.5, 0.6) is 0 Å². The molecule has 1 spiro atoms. The van der Waals surface area contributed by atoms with Crippen LogP contribution < -0.4 is 21.3 Å². The Morgan fingerprint density at radius 1 is 0.982 bits per heavy atom. The van der Waals surface area contributed by atoms with Gasteiger partial charge in [-0.25, -0.2) is 4.79 Å². The second-order valence-corrected chi connectivity index (χ2v) is 18.9. The van der Waals surface area contributed by atoms with Gasteiger partial charge in [0.2, 0.25) is 29.4 Å². The summed E-state index contributed by atoms with van der Waals surface area (Å²) in [5.41, 5.74) is 0.555. The quantitative estimate of drug-likeness (QED) is 0.181. The van der Waals surface area contributed by atoms with Gasteiger partial charge in [-0.05, 0) is 36.7 Å². The maximum atomic E-state index is 14.6. The first-order valence-corrected chi connectivity index (χ1v) is 21.2. The number of ether oxygens (including phenoxy) is 1.